The van der Waals surface area contributed by atoms with Gasteiger partial charge in [-0.2, -0.15) is 0 Å². The lowest BCUT2D eigenvalue weighted by atomic mass is 10.2. The zero-order chi connectivity index (χ0) is 15.9. The maximum absolute atomic E-state index is 12.2. The molecular weight excluding hydrogens is 318 g/mol. The first-order chi connectivity index (χ1) is 10.6. The molecule has 0 radical (unpaired) electrons. The van der Waals surface area contributed by atoms with E-state index in [1.54, 1.807) is 19.1 Å². The van der Waals surface area contributed by atoms with Crippen molar-refractivity contribution in [3.63, 3.8) is 0 Å². The molecule has 0 spiro atoms. The minimum atomic E-state index is 0.0701. The second kappa shape index (κ2) is 8.11. The molecule has 0 saturated carbocycles. The molecule has 0 N–H and O–H groups in total. The van der Waals surface area contributed by atoms with Gasteiger partial charge in [0.1, 0.15) is 5.75 Å². The van der Waals surface area contributed by atoms with E-state index in [0.717, 1.165) is 16.2 Å². The lowest BCUT2D eigenvalue weighted by Gasteiger charge is -2.17. The predicted molar refractivity (Wildman–Crippen MR) is 91.6 cm³/mol. The van der Waals surface area contributed by atoms with Gasteiger partial charge in [-0.1, -0.05) is 35.9 Å². The van der Waals surface area contributed by atoms with Crippen LogP contribution in [-0.2, 0) is 11.3 Å². The molecule has 0 aliphatic rings. The summed E-state index contributed by atoms with van der Waals surface area (Å²) in [5.41, 5.74) is 1.07. The van der Waals surface area contributed by atoms with Crippen LogP contribution in [0.4, 0.5) is 0 Å². The monoisotopic (exact) mass is 335 g/mol. The van der Waals surface area contributed by atoms with Gasteiger partial charge < -0.3 is 9.64 Å². The number of methoxy groups -OCH3 is 1. The van der Waals surface area contributed by atoms with E-state index < -0.39 is 0 Å². The van der Waals surface area contributed by atoms with Crippen LogP contribution < -0.4 is 4.74 Å². The zero-order valence-electron chi connectivity index (χ0n) is 12.6. The summed E-state index contributed by atoms with van der Waals surface area (Å²) in [6.45, 7) is 0.575. The van der Waals surface area contributed by atoms with Crippen molar-refractivity contribution >= 4 is 29.3 Å². The molecule has 0 saturated heterocycles. The average Bonchev–Trinajstić information content (AvgIpc) is 2.54. The molecule has 0 bridgehead atoms. The van der Waals surface area contributed by atoms with Crippen molar-refractivity contribution in [3.05, 3.63) is 59.1 Å². The van der Waals surface area contributed by atoms with Crippen molar-refractivity contribution in [2.45, 2.75) is 11.4 Å². The van der Waals surface area contributed by atoms with E-state index in [1.165, 1.54) is 11.8 Å². The summed E-state index contributed by atoms with van der Waals surface area (Å²) in [6, 6.07) is 15.3. The van der Waals surface area contributed by atoms with Crippen LogP contribution >= 0.6 is 23.4 Å². The summed E-state index contributed by atoms with van der Waals surface area (Å²) in [5.74, 6) is 1.25. The highest BCUT2D eigenvalue weighted by atomic mass is 35.5. The number of ether oxygens (including phenoxy) is 1. The Morgan fingerprint density at radius 3 is 2.50 bits per heavy atom. The quantitative estimate of drug-likeness (QED) is 0.744. The van der Waals surface area contributed by atoms with Gasteiger partial charge in [-0.15, -0.1) is 11.8 Å². The minimum absolute atomic E-state index is 0.0701. The average molecular weight is 336 g/mol. The normalized spacial score (nSPS) is 10.3. The topological polar surface area (TPSA) is 29.5 Å². The molecule has 0 unspecified atom stereocenters. The number of amides is 1. The highest BCUT2D eigenvalue weighted by Gasteiger charge is 2.11. The van der Waals surface area contributed by atoms with Gasteiger partial charge in [-0.3, -0.25) is 4.79 Å². The fraction of sp³-hybridized carbons (Fsp3) is 0.235. The van der Waals surface area contributed by atoms with E-state index in [4.69, 9.17) is 16.3 Å². The minimum Gasteiger partial charge on any atom is -0.497 e. The third-order valence-electron chi connectivity index (χ3n) is 3.19. The molecule has 1 amide bonds. The Hall–Kier alpha value is -1.65. The first kappa shape index (κ1) is 16.7. The summed E-state index contributed by atoms with van der Waals surface area (Å²) in [7, 11) is 3.44. The number of halogens is 1. The Morgan fingerprint density at radius 2 is 1.86 bits per heavy atom. The first-order valence-corrected chi connectivity index (χ1v) is 8.20. The van der Waals surface area contributed by atoms with Crippen molar-refractivity contribution in [1.82, 2.24) is 4.90 Å². The Labute approximate surface area is 140 Å². The molecule has 0 aliphatic carbocycles. The summed E-state index contributed by atoms with van der Waals surface area (Å²) in [5, 5.41) is 0.679. The number of thioether (sulfide) groups is 1. The standard InChI is InChI=1S/C17H18ClNO2S/c1-19(11-13-7-9-14(21-2)10-8-13)17(20)12-22-16-6-4-3-5-15(16)18/h3-10H,11-12H2,1-2H3. The van der Waals surface area contributed by atoms with Gasteiger partial charge in [-0.25, -0.2) is 0 Å². The maximum Gasteiger partial charge on any atom is 0.232 e. The van der Waals surface area contributed by atoms with E-state index in [2.05, 4.69) is 0 Å². The van der Waals surface area contributed by atoms with Crippen LogP contribution in [0.1, 0.15) is 5.56 Å². The lowest BCUT2D eigenvalue weighted by Crippen LogP contribution is -2.27. The highest BCUT2D eigenvalue weighted by Crippen LogP contribution is 2.26. The van der Waals surface area contributed by atoms with E-state index in [-0.39, 0.29) is 5.91 Å². The van der Waals surface area contributed by atoms with E-state index in [1.807, 2.05) is 48.5 Å². The van der Waals surface area contributed by atoms with Crippen molar-refractivity contribution in [2.24, 2.45) is 0 Å². The second-order valence-corrected chi connectivity index (χ2v) is 6.24. The van der Waals surface area contributed by atoms with Crippen LogP contribution in [0.15, 0.2) is 53.4 Å². The van der Waals surface area contributed by atoms with Gasteiger partial charge >= 0.3 is 0 Å². The molecule has 0 aromatic heterocycles. The Kier molecular flexibility index (Phi) is 6.16. The summed E-state index contributed by atoms with van der Waals surface area (Å²) < 4.78 is 5.12. The lowest BCUT2D eigenvalue weighted by molar-refractivity contribution is -0.127. The molecule has 2 rings (SSSR count). The number of hydrogen-bond acceptors (Lipinski definition) is 3. The second-order valence-electron chi connectivity index (χ2n) is 4.82. The van der Waals surface area contributed by atoms with Gasteiger partial charge in [0, 0.05) is 18.5 Å². The van der Waals surface area contributed by atoms with Crippen LogP contribution in [0, 0.1) is 0 Å². The van der Waals surface area contributed by atoms with Crippen molar-refractivity contribution in [2.75, 3.05) is 19.9 Å². The van der Waals surface area contributed by atoms with Crippen LogP contribution in [0.3, 0.4) is 0 Å². The molecule has 0 aliphatic heterocycles. The molecule has 0 atom stereocenters. The number of nitrogens with zero attached hydrogens (tertiary/aromatic N) is 1. The third-order valence-corrected chi connectivity index (χ3v) is 4.69. The predicted octanol–water partition coefficient (Wildman–Crippen LogP) is 4.10. The molecule has 0 heterocycles. The van der Waals surface area contributed by atoms with Crippen molar-refractivity contribution in [1.29, 1.82) is 0 Å². The van der Waals surface area contributed by atoms with Crippen molar-refractivity contribution in [3.8, 4) is 5.75 Å². The SMILES string of the molecule is COc1ccc(CN(C)C(=O)CSc2ccccc2Cl)cc1. The third kappa shape index (κ3) is 4.68. The molecule has 0 fully saturated rings. The summed E-state index contributed by atoms with van der Waals surface area (Å²) in [6.07, 6.45) is 0. The van der Waals surface area contributed by atoms with Crippen LogP contribution in [0.5, 0.6) is 5.75 Å². The Bertz CT molecular complexity index is 631. The Balaban J connectivity index is 1.87. The highest BCUT2D eigenvalue weighted by molar-refractivity contribution is 8.00. The number of carbonyl (C=O) groups is 1. The fourth-order valence-corrected chi connectivity index (χ4v) is 3.08. The first-order valence-electron chi connectivity index (χ1n) is 6.84. The number of hydrogen-bond donors (Lipinski definition) is 0. The van der Waals surface area contributed by atoms with Crippen LogP contribution in [0.2, 0.25) is 5.02 Å². The van der Waals surface area contributed by atoms with Gasteiger partial charge in [-0.05, 0) is 29.8 Å². The van der Waals surface area contributed by atoms with Gasteiger partial charge in [0.15, 0.2) is 0 Å². The molecule has 2 aromatic rings. The number of rotatable bonds is 6. The largest absolute Gasteiger partial charge is 0.497 e. The van der Waals surface area contributed by atoms with Gasteiger partial charge in [0.25, 0.3) is 0 Å². The molecule has 22 heavy (non-hydrogen) atoms. The van der Waals surface area contributed by atoms with E-state index >= 15 is 0 Å². The number of carbonyl (C=O) groups excluding carboxylic acids is 1. The van der Waals surface area contributed by atoms with Gasteiger partial charge in [0.05, 0.1) is 17.9 Å². The van der Waals surface area contributed by atoms with E-state index in [0.29, 0.717) is 17.3 Å². The zero-order valence-corrected chi connectivity index (χ0v) is 14.2. The molecule has 5 heteroatoms. The molecule has 2 aromatic carbocycles. The Morgan fingerprint density at radius 1 is 1.18 bits per heavy atom. The van der Waals surface area contributed by atoms with E-state index in [9.17, 15) is 4.79 Å². The van der Waals surface area contributed by atoms with Crippen LogP contribution in [-0.4, -0.2) is 30.7 Å². The number of benzene rings is 2. The fourth-order valence-electron chi connectivity index (χ4n) is 1.90. The molecule has 116 valence electrons. The summed E-state index contributed by atoms with van der Waals surface area (Å²) in [4.78, 5) is 14.8. The maximum atomic E-state index is 12.2. The molecule has 3 nitrogen and oxygen atoms in total. The smallest absolute Gasteiger partial charge is 0.232 e. The van der Waals surface area contributed by atoms with Crippen molar-refractivity contribution < 1.29 is 9.53 Å². The molecular formula is C17H18ClNO2S. The van der Waals surface area contributed by atoms with Crippen LogP contribution in [0.25, 0.3) is 0 Å². The van der Waals surface area contributed by atoms with Gasteiger partial charge in [0.2, 0.25) is 5.91 Å². The summed E-state index contributed by atoms with van der Waals surface area (Å²) >= 11 is 7.54.